The molecule has 2 aromatic rings. The number of hydrogen-bond donors (Lipinski definition) is 2. The molecule has 2 amide bonds. The second-order valence-electron chi connectivity index (χ2n) is 7.80. The summed E-state index contributed by atoms with van der Waals surface area (Å²) in [4.78, 5) is 48.4. The summed E-state index contributed by atoms with van der Waals surface area (Å²) in [6, 6.07) is 13.3. The zero-order valence-corrected chi connectivity index (χ0v) is 18.6. The van der Waals surface area contributed by atoms with Gasteiger partial charge in [-0.15, -0.1) is 0 Å². The number of amides is 2. The van der Waals surface area contributed by atoms with E-state index in [4.69, 9.17) is 9.47 Å². The van der Waals surface area contributed by atoms with Gasteiger partial charge in [0.2, 0.25) is 0 Å². The van der Waals surface area contributed by atoms with Crippen LogP contribution in [0.2, 0.25) is 0 Å². The van der Waals surface area contributed by atoms with Crippen molar-refractivity contribution in [2.24, 2.45) is 0 Å². The number of anilines is 1. The summed E-state index contributed by atoms with van der Waals surface area (Å²) in [5.41, 5.74) is 1.28. The van der Waals surface area contributed by atoms with Crippen LogP contribution in [0.15, 0.2) is 48.5 Å². The van der Waals surface area contributed by atoms with Crippen molar-refractivity contribution in [3.63, 3.8) is 0 Å². The molecule has 2 N–H and O–H groups in total. The average Bonchev–Trinajstić information content (AvgIpc) is 3.34. The van der Waals surface area contributed by atoms with Gasteiger partial charge in [0.25, 0.3) is 11.8 Å². The van der Waals surface area contributed by atoms with Crippen molar-refractivity contribution in [1.29, 1.82) is 0 Å². The van der Waals surface area contributed by atoms with E-state index in [-0.39, 0.29) is 24.3 Å². The van der Waals surface area contributed by atoms with Crippen molar-refractivity contribution in [3.05, 3.63) is 59.7 Å². The van der Waals surface area contributed by atoms with E-state index in [0.717, 1.165) is 25.7 Å². The maximum atomic E-state index is 12.6. The van der Waals surface area contributed by atoms with Crippen molar-refractivity contribution >= 4 is 29.3 Å². The molecule has 1 fully saturated rings. The number of ketones is 1. The highest BCUT2D eigenvalue weighted by atomic mass is 16.6. The highest BCUT2D eigenvalue weighted by Gasteiger charge is 2.20. The summed E-state index contributed by atoms with van der Waals surface area (Å²) in [7, 11) is 0. The van der Waals surface area contributed by atoms with Crippen LogP contribution in [-0.4, -0.2) is 42.8 Å². The van der Waals surface area contributed by atoms with E-state index in [1.54, 1.807) is 55.5 Å². The highest BCUT2D eigenvalue weighted by molar-refractivity contribution is 6.04. The van der Waals surface area contributed by atoms with Gasteiger partial charge in [-0.3, -0.25) is 14.4 Å². The van der Waals surface area contributed by atoms with E-state index in [1.165, 1.54) is 0 Å². The largest absolute Gasteiger partial charge is 0.482 e. The van der Waals surface area contributed by atoms with Crippen molar-refractivity contribution < 1.29 is 28.7 Å². The predicted octanol–water partition coefficient (Wildman–Crippen LogP) is 3.51. The lowest BCUT2D eigenvalue weighted by Gasteiger charge is -2.15. The number of para-hydroxylation sites is 1. The van der Waals surface area contributed by atoms with E-state index < -0.39 is 18.5 Å². The zero-order chi connectivity index (χ0) is 23.6. The summed E-state index contributed by atoms with van der Waals surface area (Å²) in [6.45, 7) is 0.891. The van der Waals surface area contributed by atoms with Crippen LogP contribution in [0.4, 0.5) is 5.69 Å². The third-order valence-electron chi connectivity index (χ3n) is 5.35. The minimum absolute atomic E-state index is 0.0181. The number of rotatable bonds is 10. The van der Waals surface area contributed by atoms with Crippen LogP contribution in [0.3, 0.4) is 0 Å². The number of Topliss-reactive ketones (excluding diaryl/α,β-unsaturated/α-hetero) is 1. The maximum absolute atomic E-state index is 12.6. The number of hydrogen-bond acceptors (Lipinski definition) is 6. The Morgan fingerprint density at radius 3 is 2.33 bits per heavy atom. The predicted molar refractivity (Wildman–Crippen MR) is 122 cm³/mol. The monoisotopic (exact) mass is 452 g/mol. The third kappa shape index (κ3) is 7.17. The first-order chi connectivity index (χ1) is 16.0. The second-order valence-corrected chi connectivity index (χ2v) is 7.80. The minimum atomic E-state index is -0.717. The Morgan fingerprint density at radius 2 is 1.64 bits per heavy atom. The highest BCUT2D eigenvalue weighted by Crippen LogP contribution is 2.20. The fraction of sp³-hybridized carbons (Fsp3) is 0.360. The molecule has 0 bridgehead atoms. The number of esters is 1. The molecule has 1 saturated carbocycles. The number of carbonyl (C=O) groups excluding carboxylic acids is 4. The Labute approximate surface area is 192 Å². The van der Waals surface area contributed by atoms with Gasteiger partial charge in [0.05, 0.1) is 11.3 Å². The number of ether oxygens (including phenoxy) is 2. The van der Waals surface area contributed by atoms with Gasteiger partial charge in [-0.2, -0.15) is 0 Å². The molecule has 0 aliphatic heterocycles. The van der Waals surface area contributed by atoms with Gasteiger partial charge in [0.15, 0.2) is 19.0 Å². The van der Waals surface area contributed by atoms with Crippen molar-refractivity contribution in [3.8, 4) is 5.75 Å². The Morgan fingerprint density at radius 1 is 0.939 bits per heavy atom. The summed E-state index contributed by atoms with van der Waals surface area (Å²) in [6.07, 6.45) is 4.52. The minimum Gasteiger partial charge on any atom is -0.482 e. The third-order valence-corrected chi connectivity index (χ3v) is 5.35. The molecule has 1 aliphatic carbocycles. The first kappa shape index (κ1) is 24.0. The molecule has 1 aliphatic rings. The fourth-order valence-electron chi connectivity index (χ4n) is 3.58. The van der Waals surface area contributed by atoms with Crippen LogP contribution < -0.4 is 15.4 Å². The Hall–Kier alpha value is -3.68. The molecule has 0 heterocycles. The van der Waals surface area contributed by atoms with Crippen LogP contribution in [0.5, 0.6) is 5.75 Å². The lowest BCUT2D eigenvalue weighted by Crippen LogP contribution is -2.33. The SMILES string of the molecule is CCC(=O)c1ccc(OCC(=O)OCC(=O)Nc2ccccc2C(=O)NC2CCCC2)cc1. The zero-order valence-electron chi connectivity index (χ0n) is 18.6. The summed E-state index contributed by atoms with van der Waals surface area (Å²) in [5, 5.41) is 5.61. The quantitative estimate of drug-likeness (QED) is 0.422. The molecule has 0 spiro atoms. The first-order valence-electron chi connectivity index (χ1n) is 11.1. The first-order valence-corrected chi connectivity index (χ1v) is 11.1. The Kier molecular flexibility index (Phi) is 8.57. The van der Waals surface area contributed by atoms with Gasteiger partial charge < -0.3 is 20.1 Å². The van der Waals surface area contributed by atoms with E-state index >= 15 is 0 Å². The number of nitrogens with one attached hydrogen (secondary N) is 2. The molecule has 0 unspecified atom stereocenters. The lowest BCUT2D eigenvalue weighted by molar-refractivity contribution is -0.149. The van der Waals surface area contributed by atoms with Crippen molar-refractivity contribution in [1.82, 2.24) is 5.32 Å². The van der Waals surface area contributed by atoms with Gasteiger partial charge in [0, 0.05) is 18.0 Å². The molecule has 8 heteroatoms. The van der Waals surface area contributed by atoms with Gasteiger partial charge in [-0.1, -0.05) is 31.9 Å². The molecule has 0 radical (unpaired) electrons. The summed E-state index contributed by atoms with van der Waals surface area (Å²) >= 11 is 0. The summed E-state index contributed by atoms with van der Waals surface area (Å²) in [5.74, 6) is -1.09. The van der Waals surface area contributed by atoms with Gasteiger partial charge >= 0.3 is 5.97 Å². The van der Waals surface area contributed by atoms with E-state index in [2.05, 4.69) is 10.6 Å². The van der Waals surface area contributed by atoms with Crippen LogP contribution in [0, 0.1) is 0 Å². The molecule has 174 valence electrons. The Bertz CT molecular complexity index is 996. The molecule has 8 nitrogen and oxygen atoms in total. The summed E-state index contributed by atoms with van der Waals surface area (Å²) < 4.78 is 10.3. The van der Waals surface area contributed by atoms with E-state index in [1.807, 2.05) is 0 Å². The topological polar surface area (TPSA) is 111 Å². The molecule has 33 heavy (non-hydrogen) atoms. The number of benzene rings is 2. The van der Waals surface area contributed by atoms with Crippen LogP contribution in [-0.2, 0) is 14.3 Å². The average molecular weight is 453 g/mol. The van der Waals surface area contributed by atoms with E-state index in [0.29, 0.717) is 29.0 Å². The van der Waals surface area contributed by atoms with Gasteiger partial charge in [-0.05, 0) is 49.2 Å². The van der Waals surface area contributed by atoms with Crippen LogP contribution >= 0.6 is 0 Å². The van der Waals surface area contributed by atoms with Gasteiger partial charge in [-0.25, -0.2) is 4.79 Å². The molecule has 0 aromatic heterocycles. The Balaban J connectivity index is 1.45. The molecular formula is C25H28N2O6. The normalized spacial score (nSPS) is 13.2. The molecule has 0 atom stereocenters. The molecule has 2 aromatic carbocycles. The molecule has 0 saturated heterocycles. The van der Waals surface area contributed by atoms with Crippen LogP contribution in [0.1, 0.15) is 59.7 Å². The fourth-order valence-corrected chi connectivity index (χ4v) is 3.58. The van der Waals surface area contributed by atoms with Crippen molar-refractivity contribution in [2.75, 3.05) is 18.5 Å². The second kappa shape index (κ2) is 11.8. The lowest BCUT2D eigenvalue weighted by atomic mass is 10.1. The number of carbonyl (C=O) groups is 4. The smallest absolute Gasteiger partial charge is 0.344 e. The van der Waals surface area contributed by atoms with Crippen LogP contribution in [0.25, 0.3) is 0 Å². The maximum Gasteiger partial charge on any atom is 0.344 e. The molecular weight excluding hydrogens is 424 g/mol. The standard InChI is InChI=1S/C25H28N2O6/c1-2-22(28)17-11-13-19(14-12-17)32-16-24(30)33-15-23(29)27-21-10-6-5-9-20(21)25(31)26-18-7-3-4-8-18/h5-6,9-14,18H,2-4,7-8,15-16H2,1H3,(H,26,31)(H,27,29). The molecule has 3 rings (SSSR count). The van der Waals surface area contributed by atoms with E-state index in [9.17, 15) is 19.2 Å². The van der Waals surface area contributed by atoms with Crippen molar-refractivity contribution in [2.45, 2.75) is 45.1 Å². The van der Waals surface area contributed by atoms with Gasteiger partial charge in [0.1, 0.15) is 5.75 Å².